The Hall–Kier alpha value is -2.44. The third kappa shape index (κ3) is 8.60. The second kappa shape index (κ2) is 13.9. The van der Waals surface area contributed by atoms with Crippen molar-refractivity contribution in [1.29, 1.82) is 0 Å². The van der Waals surface area contributed by atoms with Crippen LogP contribution < -0.4 is 0 Å². The summed E-state index contributed by atoms with van der Waals surface area (Å²) in [6, 6.07) is 17.2. The minimum atomic E-state index is 0.937. The minimum Gasteiger partial charge on any atom is -0.0979 e. The van der Waals surface area contributed by atoms with Gasteiger partial charge in [0.15, 0.2) is 0 Å². The Labute approximate surface area is 197 Å². The van der Waals surface area contributed by atoms with Gasteiger partial charge in [-0.25, -0.2) is 0 Å². The fraction of sp³-hybridized carbons (Fsp3) is 0.500. The maximum absolute atomic E-state index is 3.31. The number of rotatable bonds is 8. The van der Waals surface area contributed by atoms with Crippen LogP contribution in [0.3, 0.4) is 0 Å². The Bertz CT molecular complexity index is 900. The second-order valence-electron chi connectivity index (χ2n) is 9.50. The van der Waals surface area contributed by atoms with E-state index in [0.717, 1.165) is 41.4 Å². The van der Waals surface area contributed by atoms with Gasteiger partial charge in [0.05, 0.1) is 0 Å². The first-order valence-corrected chi connectivity index (χ1v) is 13.0. The zero-order valence-electron chi connectivity index (χ0n) is 20.3. The summed E-state index contributed by atoms with van der Waals surface area (Å²) in [6.45, 7) is 4.46. The van der Waals surface area contributed by atoms with E-state index >= 15 is 0 Å². The van der Waals surface area contributed by atoms with Crippen LogP contribution in [0.1, 0.15) is 107 Å². The van der Waals surface area contributed by atoms with Gasteiger partial charge in [0.1, 0.15) is 0 Å². The van der Waals surface area contributed by atoms with Crippen molar-refractivity contribution < 1.29 is 0 Å². The largest absolute Gasteiger partial charge is 0.0979 e. The molecule has 0 amide bonds. The molecule has 0 aliphatic heterocycles. The molecule has 1 saturated carbocycles. The zero-order chi connectivity index (χ0) is 22.4. The first-order chi connectivity index (χ1) is 15.8. The Morgan fingerprint density at radius 1 is 0.625 bits per heavy atom. The van der Waals surface area contributed by atoms with Gasteiger partial charge < -0.3 is 0 Å². The van der Waals surface area contributed by atoms with E-state index < -0.39 is 0 Å². The molecule has 3 rings (SSSR count). The Morgan fingerprint density at radius 2 is 1.16 bits per heavy atom. The molecule has 0 heterocycles. The first-order valence-electron chi connectivity index (χ1n) is 13.0. The molecule has 0 bridgehead atoms. The molecule has 32 heavy (non-hydrogen) atoms. The molecule has 2 aromatic rings. The molecule has 1 aliphatic rings. The molecule has 0 radical (unpaired) electrons. The highest BCUT2D eigenvalue weighted by Crippen LogP contribution is 2.34. The summed E-state index contributed by atoms with van der Waals surface area (Å²) < 4.78 is 0. The number of aryl methyl sites for hydroxylation is 1. The highest BCUT2D eigenvalue weighted by Gasteiger charge is 2.20. The van der Waals surface area contributed by atoms with Gasteiger partial charge in [-0.15, -0.1) is 0 Å². The van der Waals surface area contributed by atoms with Crippen LogP contribution in [0, 0.1) is 35.5 Å². The highest BCUT2D eigenvalue weighted by molar-refractivity contribution is 5.46. The number of benzene rings is 2. The molecule has 0 atom stereocenters. The van der Waals surface area contributed by atoms with E-state index in [4.69, 9.17) is 0 Å². The lowest BCUT2D eigenvalue weighted by Crippen LogP contribution is -2.15. The van der Waals surface area contributed by atoms with E-state index in [-0.39, 0.29) is 0 Å². The minimum absolute atomic E-state index is 0.937. The van der Waals surface area contributed by atoms with E-state index in [1.54, 1.807) is 0 Å². The van der Waals surface area contributed by atoms with E-state index in [9.17, 15) is 0 Å². The van der Waals surface area contributed by atoms with Gasteiger partial charge in [0, 0.05) is 23.1 Å². The summed E-state index contributed by atoms with van der Waals surface area (Å²) in [6.07, 6.45) is 16.1. The summed E-state index contributed by atoms with van der Waals surface area (Å²) >= 11 is 0. The molecule has 2 aromatic carbocycles. The molecule has 0 unspecified atom stereocenters. The molecule has 0 N–H and O–H groups in total. The highest BCUT2D eigenvalue weighted by atomic mass is 14.3. The number of hydrogen-bond acceptors (Lipinski definition) is 0. The maximum Gasteiger partial charge on any atom is 0.0249 e. The zero-order valence-corrected chi connectivity index (χ0v) is 20.3. The van der Waals surface area contributed by atoms with Crippen LogP contribution in [0.25, 0.3) is 0 Å². The van der Waals surface area contributed by atoms with Gasteiger partial charge >= 0.3 is 0 Å². The van der Waals surface area contributed by atoms with Gasteiger partial charge in [-0.3, -0.25) is 0 Å². The quantitative estimate of drug-likeness (QED) is 0.294. The first kappa shape index (κ1) is 24.2. The van der Waals surface area contributed by atoms with E-state index in [2.05, 4.69) is 86.1 Å². The van der Waals surface area contributed by atoms with Gasteiger partial charge in [-0.05, 0) is 73.1 Å². The van der Waals surface area contributed by atoms with Crippen molar-refractivity contribution in [3.8, 4) is 23.7 Å². The third-order valence-electron chi connectivity index (χ3n) is 6.82. The lowest BCUT2D eigenvalue weighted by Gasteiger charge is -2.28. The van der Waals surface area contributed by atoms with Crippen LogP contribution in [0.15, 0.2) is 48.5 Å². The fourth-order valence-corrected chi connectivity index (χ4v) is 4.69. The maximum atomic E-state index is 3.31. The molecular formula is C32H40. The number of unbranched alkanes of at least 4 members (excludes halogenated alkanes) is 3. The number of hydrogen-bond donors (Lipinski definition) is 0. The average molecular weight is 425 g/mol. The second-order valence-corrected chi connectivity index (χ2v) is 9.50. The van der Waals surface area contributed by atoms with Crippen molar-refractivity contribution in [2.75, 3.05) is 0 Å². The van der Waals surface area contributed by atoms with Crippen LogP contribution in [0.2, 0.25) is 0 Å². The standard InChI is InChI=1S/C32H40/c1-3-5-7-9-27-11-15-29(16-12-27)19-21-31-23-25-32(26-24-31)22-20-30-17-13-28(14-18-30)10-8-6-4-2/h13-14,17-18,23-27,29H,3-7,9,11-12,15-16,19,21H2,1-2H3. The van der Waals surface area contributed by atoms with E-state index in [1.807, 2.05) is 0 Å². The summed E-state index contributed by atoms with van der Waals surface area (Å²) in [5.74, 6) is 14.9. The van der Waals surface area contributed by atoms with Crippen LogP contribution >= 0.6 is 0 Å². The van der Waals surface area contributed by atoms with Crippen molar-refractivity contribution >= 4 is 0 Å². The van der Waals surface area contributed by atoms with Crippen LogP contribution in [-0.2, 0) is 6.42 Å². The van der Waals surface area contributed by atoms with Crippen molar-refractivity contribution in [3.05, 3.63) is 70.8 Å². The molecule has 0 nitrogen and oxygen atoms in total. The average Bonchev–Trinajstić information content (AvgIpc) is 2.84. The lowest BCUT2D eigenvalue weighted by molar-refractivity contribution is 0.249. The van der Waals surface area contributed by atoms with Crippen LogP contribution in [0.4, 0.5) is 0 Å². The third-order valence-corrected chi connectivity index (χ3v) is 6.82. The molecule has 0 saturated heterocycles. The SMILES string of the molecule is CCCC#Cc1ccc(C#Cc2ccc(CCC3CCC(CCCCC)CC3)cc2)cc1. The Kier molecular flexibility index (Phi) is 10.5. The topological polar surface area (TPSA) is 0 Å². The summed E-state index contributed by atoms with van der Waals surface area (Å²) in [7, 11) is 0. The van der Waals surface area contributed by atoms with E-state index in [0.29, 0.717) is 0 Å². The van der Waals surface area contributed by atoms with Crippen LogP contribution in [-0.4, -0.2) is 0 Å². The summed E-state index contributed by atoms with van der Waals surface area (Å²) in [5.41, 5.74) is 4.66. The molecule has 0 spiro atoms. The van der Waals surface area contributed by atoms with Gasteiger partial charge in [0.25, 0.3) is 0 Å². The van der Waals surface area contributed by atoms with Crippen LogP contribution in [0.5, 0.6) is 0 Å². The molecule has 1 fully saturated rings. The summed E-state index contributed by atoms with van der Waals surface area (Å²) in [4.78, 5) is 0. The van der Waals surface area contributed by atoms with E-state index in [1.165, 1.54) is 69.8 Å². The van der Waals surface area contributed by atoms with Crippen molar-refractivity contribution in [2.45, 2.75) is 90.9 Å². The lowest BCUT2D eigenvalue weighted by atomic mass is 9.78. The molecule has 1 aliphatic carbocycles. The predicted octanol–water partition coefficient (Wildman–Crippen LogP) is 8.56. The van der Waals surface area contributed by atoms with Crippen molar-refractivity contribution in [3.63, 3.8) is 0 Å². The van der Waals surface area contributed by atoms with Gasteiger partial charge in [-0.1, -0.05) is 101 Å². The molecule has 0 aromatic heterocycles. The normalized spacial score (nSPS) is 17.7. The Morgan fingerprint density at radius 3 is 1.72 bits per heavy atom. The Balaban J connectivity index is 1.42. The monoisotopic (exact) mass is 424 g/mol. The molecular weight excluding hydrogens is 384 g/mol. The van der Waals surface area contributed by atoms with Gasteiger partial charge in [0.2, 0.25) is 0 Å². The fourth-order valence-electron chi connectivity index (χ4n) is 4.69. The molecule has 0 heteroatoms. The smallest absolute Gasteiger partial charge is 0.0249 e. The predicted molar refractivity (Wildman–Crippen MR) is 139 cm³/mol. The van der Waals surface area contributed by atoms with Gasteiger partial charge in [-0.2, -0.15) is 0 Å². The van der Waals surface area contributed by atoms with Crippen molar-refractivity contribution in [1.82, 2.24) is 0 Å². The summed E-state index contributed by atoms with van der Waals surface area (Å²) in [5, 5.41) is 0. The molecule has 168 valence electrons. The van der Waals surface area contributed by atoms with Crippen molar-refractivity contribution in [2.24, 2.45) is 11.8 Å².